The summed E-state index contributed by atoms with van der Waals surface area (Å²) in [5.41, 5.74) is 7.86. The average Bonchev–Trinajstić information content (AvgIpc) is 3.14. The van der Waals surface area contributed by atoms with Crippen LogP contribution < -0.4 is 10.5 Å². The summed E-state index contributed by atoms with van der Waals surface area (Å²) in [6, 6.07) is 11.7. The van der Waals surface area contributed by atoms with Crippen molar-refractivity contribution in [3.63, 3.8) is 0 Å². The molecular weight excluding hydrogens is 364 g/mol. The Kier molecular flexibility index (Phi) is 5.88. The summed E-state index contributed by atoms with van der Waals surface area (Å²) in [6.07, 6.45) is 10.2. The van der Waals surface area contributed by atoms with Crippen LogP contribution in [0.25, 0.3) is 12.2 Å². The van der Waals surface area contributed by atoms with Gasteiger partial charge in [0.1, 0.15) is 12.4 Å². The first kappa shape index (κ1) is 19.1. The lowest BCUT2D eigenvalue weighted by molar-refractivity contribution is 0.229. The van der Waals surface area contributed by atoms with E-state index in [1.54, 1.807) is 18.5 Å². The molecule has 1 aromatic carbocycles. The number of hydrogen-bond donors (Lipinski definition) is 1. The van der Waals surface area contributed by atoms with Gasteiger partial charge in [0.05, 0.1) is 5.54 Å². The Bertz CT molecular complexity index is 890. The smallest absolute Gasteiger partial charge is 0.250 e. The van der Waals surface area contributed by atoms with Crippen molar-refractivity contribution in [1.82, 2.24) is 15.1 Å². The quantitative estimate of drug-likeness (QED) is 0.691. The topological polar surface area (TPSA) is 87.1 Å². The lowest BCUT2D eigenvalue weighted by atomic mass is 9.77. The molecule has 140 valence electrons. The normalized spacial score (nSPS) is 15.1. The van der Waals surface area contributed by atoms with Crippen molar-refractivity contribution in [2.45, 2.75) is 31.4 Å². The van der Waals surface area contributed by atoms with E-state index in [4.69, 9.17) is 15.0 Å². The van der Waals surface area contributed by atoms with Crippen molar-refractivity contribution in [3.05, 3.63) is 71.6 Å². The molecule has 27 heavy (non-hydrogen) atoms. The molecule has 1 aliphatic rings. The predicted molar refractivity (Wildman–Crippen MR) is 105 cm³/mol. The second-order valence-electron chi connectivity index (χ2n) is 6.52. The zero-order valence-corrected chi connectivity index (χ0v) is 15.6. The van der Waals surface area contributed by atoms with Crippen molar-refractivity contribution in [2.24, 2.45) is 5.73 Å². The predicted octanol–water partition coefficient (Wildman–Crippen LogP) is 3.97. The van der Waals surface area contributed by atoms with Crippen molar-refractivity contribution in [2.75, 3.05) is 0 Å². The van der Waals surface area contributed by atoms with Gasteiger partial charge in [-0.25, -0.2) is 0 Å². The number of ether oxygens (including phenoxy) is 1. The molecule has 0 atom stereocenters. The Morgan fingerprint density at radius 3 is 2.63 bits per heavy atom. The van der Waals surface area contributed by atoms with Crippen LogP contribution >= 0.6 is 12.4 Å². The highest BCUT2D eigenvalue weighted by Gasteiger charge is 2.38. The van der Waals surface area contributed by atoms with E-state index in [0.717, 1.165) is 36.1 Å². The van der Waals surface area contributed by atoms with E-state index in [1.807, 2.05) is 42.5 Å². The van der Waals surface area contributed by atoms with Gasteiger partial charge in [0, 0.05) is 24.0 Å². The Labute approximate surface area is 163 Å². The summed E-state index contributed by atoms with van der Waals surface area (Å²) in [5, 5.41) is 4.00. The van der Waals surface area contributed by atoms with Crippen LogP contribution in [0.5, 0.6) is 5.75 Å². The fraction of sp³-hybridized carbons (Fsp3) is 0.250. The molecular formula is C20H21ClN4O2. The summed E-state index contributed by atoms with van der Waals surface area (Å²) >= 11 is 0. The van der Waals surface area contributed by atoms with Gasteiger partial charge in [-0.2, -0.15) is 4.98 Å². The number of pyridine rings is 1. The maximum Gasteiger partial charge on any atom is 0.250 e. The van der Waals surface area contributed by atoms with Crippen LogP contribution in [0.1, 0.15) is 42.1 Å². The van der Waals surface area contributed by atoms with Crippen LogP contribution in [-0.4, -0.2) is 15.1 Å². The third-order valence-electron chi connectivity index (χ3n) is 4.56. The first-order chi connectivity index (χ1) is 12.7. The molecule has 2 heterocycles. The SMILES string of the molecule is Cl.NC1(c2noc(/C=C/c3ccc(OCc4cccnc4)cc3)n2)CCC1. The molecule has 0 radical (unpaired) electrons. The zero-order valence-electron chi connectivity index (χ0n) is 14.7. The van der Waals surface area contributed by atoms with E-state index < -0.39 is 5.54 Å². The van der Waals surface area contributed by atoms with Crippen LogP contribution in [0.2, 0.25) is 0 Å². The van der Waals surface area contributed by atoms with Crippen LogP contribution in [0.15, 0.2) is 53.3 Å². The Balaban J connectivity index is 0.00000210. The molecule has 7 heteroatoms. The van der Waals surface area contributed by atoms with E-state index in [1.165, 1.54) is 0 Å². The molecule has 3 aromatic rings. The van der Waals surface area contributed by atoms with Gasteiger partial charge >= 0.3 is 0 Å². The van der Waals surface area contributed by atoms with Gasteiger partial charge in [-0.1, -0.05) is 23.4 Å². The second-order valence-corrected chi connectivity index (χ2v) is 6.52. The number of nitrogens with two attached hydrogens (primary N) is 1. The standard InChI is InChI=1S/C20H20N4O2.ClH/c21-20(10-2-11-20)19-23-18(26-24-19)9-6-15-4-7-17(8-5-15)25-14-16-3-1-12-22-13-16;/h1,3-9,12-13H,2,10-11,14,21H2;1H/b9-6+;. The highest BCUT2D eigenvalue weighted by atomic mass is 35.5. The average molecular weight is 385 g/mol. The molecule has 1 fully saturated rings. The Morgan fingerprint density at radius 1 is 1.15 bits per heavy atom. The zero-order chi connectivity index (χ0) is 17.8. The van der Waals surface area contributed by atoms with E-state index in [-0.39, 0.29) is 12.4 Å². The third kappa shape index (κ3) is 4.53. The lowest BCUT2D eigenvalue weighted by Crippen LogP contribution is -2.44. The number of benzene rings is 1. The largest absolute Gasteiger partial charge is 0.489 e. The molecule has 0 amide bonds. The summed E-state index contributed by atoms with van der Waals surface area (Å²) in [5.74, 6) is 1.87. The van der Waals surface area contributed by atoms with Gasteiger partial charge in [0.15, 0.2) is 5.82 Å². The number of aromatic nitrogens is 3. The van der Waals surface area contributed by atoms with Crippen molar-refractivity contribution < 1.29 is 9.26 Å². The molecule has 0 unspecified atom stereocenters. The first-order valence-electron chi connectivity index (χ1n) is 8.64. The molecule has 0 aliphatic heterocycles. The number of hydrogen-bond acceptors (Lipinski definition) is 6. The Hall–Kier alpha value is -2.70. The molecule has 2 N–H and O–H groups in total. The molecule has 4 rings (SSSR count). The van der Waals surface area contributed by atoms with Crippen molar-refractivity contribution in [3.8, 4) is 5.75 Å². The summed E-state index contributed by atoms with van der Waals surface area (Å²) < 4.78 is 11.0. The number of rotatable bonds is 6. The van der Waals surface area contributed by atoms with E-state index in [9.17, 15) is 0 Å². The van der Waals surface area contributed by atoms with Crippen LogP contribution in [0.3, 0.4) is 0 Å². The third-order valence-corrected chi connectivity index (χ3v) is 4.56. The van der Waals surface area contributed by atoms with Gasteiger partial charge in [0.2, 0.25) is 0 Å². The number of halogens is 1. The van der Waals surface area contributed by atoms with Crippen LogP contribution in [0.4, 0.5) is 0 Å². The second kappa shape index (κ2) is 8.33. The molecule has 1 aliphatic carbocycles. The van der Waals surface area contributed by atoms with Crippen LogP contribution in [0, 0.1) is 0 Å². The van der Waals surface area contributed by atoms with E-state index >= 15 is 0 Å². The first-order valence-corrected chi connectivity index (χ1v) is 8.64. The summed E-state index contributed by atoms with van der Waals surface area (Å²) in [7, 11) is 0. The fourth-order valence-electron chi connectivity index (χ4n) is 2.78. The van der Waals surface area contributed by atoms with Gasteiger partial charge in [-0.05, 0) is 49.1 Å². The van der Waals surface area contributed by atoms with Crippen molar-refractivity contribution in [1.29, 1.82) is 0 Å². The molecule has 2 aromatic heterocycles. The fourth-order valence-corrected chi connectivity index (χ4v) is 2.78. The van der Waals surface area contributed by atoms with Crippen molar-refractivity contribution >= 4 is 24.6 Å². The minimum absolute atomic E-state index is 0. The van der Waals surface area contributed by atoms with Crippen LogP contribution in [-0.2, 0) is 12.1 Å². The van der Waals surface area contributed by atoms with Gasteiger partial charge in [-0.3, -0.25) is 4.98 Å². The van der Waals surface area contributed by atoms with Gasteiger partial charge < -0.3 is 15.0 Å². The molecule has 1 saturated carbocycles. The highest BCUT2D eigenvalue weighted by molar-refractivity contribution is 5.85. The monoisotopic (exact) mass is 384 g/mol. The molecule has 6 nitrogen and oxygen atoms in total. The molecule has 0 bridgehead atoms. The summed E-state index contributed by atoms with van der Waals surface area (Å²) in [4.78, 5) is 8.45. The minimum Gasteiger partial charge on any atom is -0.489 e. The highest BCUT2D eigenvalue weighted by Crippen LogP contribution is 2.36. The number of nitrogens with zero attached hydrogens (tertiary/aromatic N) is 3. The van der Waals surface area contributed by atoms with Gasteiger partial charge in [0.25, 0.3) is 5.89 Å². The summed E-state index contributed by atoms with van der Waals surface area (Å²) in [6.45, 7) is 0.495. The molecule has 0 spiro atoms. The van der Waals surface area contributed by atoms with Gasteiger partial charge in [-0.15, -0.1) is 12.4 Å². The Morgan fingerprint density at radius 2 is 1.96 bits per heavy atom. The molecule has 0 saturated heterocycles. The van der Waals surface area contributed by atoms with E-state index in [2.05, 4.69) is 15.1 Å². The maximum absolute atomic E-state index is 6.20. The maximum atomic E-state index is 6.20. The minimum atomic E-state index is -0.400. The van der Waals surface area contributed by atoms with E-state index in [0.29, 0.717) is 18.3 Å². The lowest BCUT2D eigenvalue weighted by Gasteiger charge is -2.34.